The number of rotatable bonds is 11. The normalized spacial score (nSPS) is 14.5. The van der Waals surface area contributed by atoms with Gasteiger partial charge >= 0.3 is 0 Å². The fraction of sp³-hybridized carbons (Fsp3) is 0.333. The molecule has 1 saturated carbocycles. The van der Waals surface area contributed by atoms with Crippen LogP contribution in [-0.2, 0) is 32.6 Å². The summed E-state index contributed by atoms with van der Waals surface area (Å²) in [6.45, 7) is -0.365. The molecule has 1 fully saturated rings. The Labute approximate surface area is 249 Å². The number of carbonyl (C=O) groups is 2. The fourth-order valence-electron chi connectivity index (χ4n) is 4.97. The molecule has 1 N–H and O–H groups in total. The lowest BCUT2D eigenvalue weighted by atomic mass is 10.0. The molecule has 212 valence electrons. The first-order valence-electron chi connectivity index (χ1n) is 13.2. The molecule has 0 spiro atoms. The minimum Gasteiger partial charge on any atom is -0.352 e. The van der Waals surface area contributed by atoms with Gasteiger partial charge in [-0.3, -0.25) is 13.9 Å². The second-order valence-corrected chi connectivity index (χ2v) is 13.4. The molecule has 1 atom stereocenters. The predicted molar refractivity (Wildman–Crippen MR) is 163 cm³/mol. The molecule has 0 aliphatic heterocycles. The zero-order valence-electron chi connectivity index (χ0n) is 22.3. The van der Waals surface area contributed by atoms with E-state index >= 15 is 0 Å². The molecule has 3 aromatic carbocycles. The zero-order valence-corrected chi connectivity index (χ0v) is 25.5. The van der Waals surface area contributed by atoms with Crippen LogP contribution in [0.3, 0.4) is 0 Å². The number of anilines is 1. The summed E-state index contributed by atoms with van der Waals surface area (Å²) in [5.41, 5.74) is 1.99. The number of benzene rings is 3. The van der Waals surface area contributed by atoms with Crippen molar-refractivity contribution in [2.24, 2.45) is 0 Å². The number of nitrogens with zero attached hydrogens (tertiary/aromatic N) is 2. The standard InChI is InChI=1S/C30H33BrClN3O4S/c1-40(38,39)35(27-16-14-24(31)15-17-27)21-29(36)34(20-23-10-7-11-25(32)18-23)28(19-22-8-3-2-4-9-22)30(37)33-26-12-5-6-13-26/h2-4,7-11,14-18,26,28H,5-6,12-13,19-21H2,1H3,(H,33,37). The molecule has 0 bridgehead atoms. The molecule has 1 aliphatic rings. The Morgan fingerprint density at radius 2 is 1.62 bits per heavy atom. The zero-order chi connectivity index (χ0) is 28.7. The van der Waals surface area contributed by atoms with Gasteiger partial charge < -0.3 is 10.2 Å². The molecule has 40 heavy (non-hydrogen) atoms. The highest BCUT2D eigenvalue weighted by molar-refractivity contribution is 9.10. The van der Waals surface area contributed by atoms with E-state index in [1.165, 1.54) is 4.90 Å². The minimum absolute atomic E-state index is 0.0594. The molecule has 0 aromatic heterocycles. The van der Waals surface area contributed by atoms with Gasteiger partial charge in [-0.1, -0.05) is 82.8 Å². The van der Waals surface area contributed by atoms with E-state index in [1.807, 2.05) is 36.4 Å². The van der Waals surface area contributed by atoms with Gasteiger partial charge in [0.1, 0.15) is 12.6 Å². The van der Waals surface area contributed by atoms with E-state index in [0.717, 1.165) is 51.8 Å². The molecule has 0 saturated heterocycles. The highest BCUT2D eigenvalue weighted by Crippen LogP contribution is 2.24. The van der Waals surface area contributed by atoms with E-state index in [9.17, 15) is 18.0 Å². The van der Waals surface area contributed by atoms with E-state index in [0.29, 0.717) is 10.7 Å². The Kier molecular flexibility index (Phi) is 10.3. The Bertz CT molecular complexity index is 1410. The largest absolute Gasteiger partial charge is 0.352 e. The summed E-state index contributed by atoms with van der Waals surface area (Å²) < 4.78 is 27.6. The van der Waals surface area contributed by atoms with E-state index in [1.54, 1.807) is 42.5 Å². The molecule has 0 heterocycles. The van der Waals surface area contributed by atoms with Gasteiger partial charge in [0.2, 0.25) is 21.8 Å². The van der Waals surface area contributed by atoms with Crippen molar-refractivity contribution in [3.8, 4) is 0 Å². The number of halogens is 2. The third kappa shape index (κ3) is 8.32. The highest BCUT2D eigenvalue weighted by Gasteiger charge is 2.34. The summed E-state index contributed by atoms with van der Waals surface area (Å²) in [5, 5.41) is 3.66. The molecule has 4 rings (SSSR count). The summed E-state index contributed by atoms with van der Waals surface area (Å²) >= 11 is 9.62. The second kappa shape index (κ2) is 13.7. The van der Waals surface area contributed by atoms with Crippen LogP contribution in [0.2, 0.25) is 5.02 Å². The van der Waals surface area contributed by atoms with Crippen molar-refractivity contribution in [2.75, 3.05) is 17.1 Å². The van der Waals surface area contributed by atoms with Crippen LogP contribution in [0.15, 0.2) is 83.3 Å². The summed E-state index contributed by atoms with van der Waals surface area (Å²) in [5.74, 6) is -0.739. The van der Waals surface area contributed by atoms with Crippen molar-refractivity contribution >= 4 is 55.1 Å². The van der Waals surface area contributed by atoms with E-state index in [4.69, 9.17) is 11.6 Å². The maximum absolute atomic E-state index is 14.1. The number of sulfonamides is 1. The predicted octanol–water partition coefficient (Wildman–Crippen LogP) is 5.57. The molecule has 3 aromatic rings. The van der Waals surface area contributed by atoms with Crippen molar-refractivity contribution in [3.05, 3.63) is 99.5 Å². The van der Waals surface area contributed by atoms with Gasteiger partial charge in [0.15, 0.2) is 0 Å². The van der Waals surface area contributed by atoms with Gasteiger partial charge in [0.25, 0.3) is 0 Å². The third-order valence-electron chi connectivity index (χ3n) is 7.01. The van der Waals surface area contributed by atoms with Crippen molar-refractivity contribution in [2.45, 2.75) is 50.7 Å². The highest BCUT2D eigenvalue weighted by atomic mass is 79.9. The third-order valence-corrected chi connectivity index (χ3v) is 8.91. The monoisotopic (exact) mass is 645 g/mol. The lowest BCUT2D eigenvalue weighted by molar-refractivity contribution is -0.140. The molecule has 10 heteroatoms. The van der Waals surface area contributed by atoms with E-state index in [-0.39, 0.29) is 24.9 Å². The van der Waals surface area contributed by atoms with Crippen LogP contribution in [0, 0.1) is 0 Å². The number of nitrogens with one attached hydrogen (secondary N) is 1. The summed E-state index contributed by atoms with van der Waals surface area (Å²) in [6.07, 6.45) is 5.25. The molecule has 1 unspecified atom stereocenters. The lowest BCUT2D eigenvalue weighted by Gasteiger charge is -2.34. The molecular weight excluding hydrogens is 614 g/mol. The number of amides is 2. The van der Waals surface area contributed by atoms with Gasteiger partial charge in [0, 0.05) is 28.5 Å². The quantitative estimate of drug-likeness (QED) is 0.295. The van der Waals surface area contributed by atoms with Crippen LogP contribution in [0.4, 0.5) is 5.69 Å². The van der Waals surface area contributed by atoms with Crippen LogP contribution in [0.1, 0.15) is 36.8 Å². The topological polar surface area (TPSA) is 86.8 Å². The van der Waals surface area contributed by atoms with Crippen LogP contribution in [-0.4, -0.2) is 50.0 Å². The van der Waals surface area contributed by atoms with E-state index < -0.39 is 28.5 Å². The SMILES string of the molecule is CS(=O)(=O)N(CC(=O)N(Cc1cccc(Cl)c1)C(Cc1ccccc1)C(=O)NC1CCCC1)c1ccc(Br)cc1. The van der Waals surface area contributed by atoms with Crippen LogP contribution in [0.25, 0.3) is 0 Å². The maximum atomic E-state index is 14.1. The first-order valence-corrected chi connectivity index (χ1v) is 16.2. The summed E-state index contributed by atoms with van der Waals surface area (Å²) in [7, 11) is -3.81. The Morgan fingerprint density at radius 3 is 2.25 bits per heavy atom. The average molecular weight is 647 g/mol. The first kappa shape index (κ1) is 30.1. The van der Waals surface area contributed by atoms with Gasteiger partial charge in [-0.15, -0.1) is 0 Å². The van der Waals surface area contributed by atoms with Crippen LogP contribution in [0.5, 0.6) is 0 Å². The van der Waals surface area contributed by atoms with Crippen molar-refractivity contribution in [1.29, 1.82) is 0 Å². The van der Waals surface area contributed by atoms with Gasteiger partial charge in [-0.05, 0) is 60.4 Å². The molecule has 7 nitrogen and oxygen atoms in total. The van der Waals surface area contributed by atoms with E-state index in [2.05, 4.69) is 21.2 Å². The summed E-state index contributed by atoms with van der Waals surface area (Å²) in [4.78, 5) is 29.4. The molecule has 0 radical (unpaired) electrons. The van der Waals surface area contributed by atoms with Gasteiger partial charge in [-0.25, -0.2) is 8.42 Å². The van der Waals surface area contributed by atoms with Crippen molar-refractivity contribution in [1.82, 2.24) is 10.2 Å². The lowest BCUT2D eigenvalue weighted by Crippen LogP contribution is -2.54. The average Bonchev–Trinajstić information content (AvgIpc) is 3.43. The first-order chi connectivity index (χ1) is 19.1. The van der Waals surface area contributed by atoms with Gasteiger partial charge in [-0.2, -0.15) is 0 Å². The van der Waals surface area contributed by atoms with Crippen LogP contribution >= 0.6 is 27.5 Å². The molecular formula is C30H33BrClN3O4S. The molecule has 2 amide bonds. The smallest absolute Gasteiger partial charge is 0.244 e. The fourth-order valence-corrected chi connectivity index (χ4v) is 6.30. The molecule has 1 aliphatic carbocycles. The number of carbonyl (C=O) groups excluding carboxylic acids is 2. The number of hydrogen-bond acceptors (Lipinski definition) is 4. The summed E-state index contributed by atoms with van der Waals surface area (Å²) in [6, 6.07) is 22.5. The Hall–Kier alpha value is -2.88. The van der Waals surface area contributed by atoms with Gasteiger partial charge in [0.05, 0.1) is 11.9 Å². The second-order valence-electron chi connectivity index (χ2n) is 10.1. The van der Waals surface area contributed by atoms with Crippen molar-refractivity contribution in [3.63, 3.8) is 0 Å². The van der Waals surface area contributed by atoms with Crippen molar-refractivity contribution < 1.29 is 18.0 Å². The maximum Gasteiger partial charge on any atom is 0.244 e. The van der Waals surface area contributed by atoms with Crippen LogP contribution < -0.4 is 9.62 Å². The minimum atomic E-state index is -3.81. The Balaban J connectivity index is 1.72. The number of hydrogen-bond donors (Lipinski definition) is 1. The Morgan fingerprint density at radius 1 is 0.975 bits per heavy atom.